The zero-order valence-electron chi connectivity index (χ0n) is 13.5. The lowest BCUT2D eigenvalue weighted by Gasteiger charge is -2.27. The summed E-state index contributed by atoms with van der Waals surface area (Å²) < 4.78 is 5.37. The van der Waals surface area contributed by atoms with Gasteiger partial charge in [0.05, 0.1) is 5.57 Å². The topological polar surface area (TPSA) is 55.4 Å². The van der Waals surface area contributed by atoms with Crippen molar-refractivity contribution in [2.24, 2.45) is 0 Å². The van der Waals surface area contributed by atoms with Gasteiger partial charge in [0.2, 0.25) is 5.91 Å². The minimum absolute atomic E-state index is 0.106. The van der Waals surface area contributed by atoms with Crippen molar-refractivity contribution in [2.45, 2.75) is 26.2 Å². The number of halogens is 2. The standard InChI is InChI=1S/C17H19Cl2NO3S/c1-3-24-8-7-23-17(22)15-10(2)20-14(21)9-11(15)16-12(18)5-4-6-13(16)19/h4-6,11H,3,7-9H2,1-2H3,(H,20,21). The van der Waals surface area contributed by atoms with E-state index in [1.54, 1.807) is 36.9 Å². The summed E-state index contributed by atoms with van der Waals surface area (Å²) >= 11 is 14.3. The van der Waals surface area contributed by atoms with E-state index in [2.05, 4.69) is 5.32 Å². The number of hydrogen-bond donors (Lipinski definition) is 1. The second kappa shape index (κ2) is 8.79. The predicted octanol–water partition coefficient (Wildman–Crippen LogP) is 4.17. The predicted molar refractivity (Wildman–Crippen MR) is 98.6 cm³/mol. The highest BCUT2D eigenvalue weighted by molar-refractivity contribution is 7.99. The molecule has 24 heavy (non-hydrogen) atoms. The minimum Gasteiger partial charge on any atom is -0.461 e. The van der Waals surface area contributed by atoms with Crippen molar-refractivity contribution >= 4 is 46.8 Å². The van der Waals surface area contributed by atoms with Crippen molar-refractivity contribution in [3.8, 4) is 0 Å². The highest BCUT2D eigenvalue weighted by Crippen LogP contribution is 2.40. The van der Waals surface area contributed by atoms with Crippen LogP contribution in [0.15, 0.2) is 29.5 Å². The van der Waals surface area contributed by atoms with E-state index < -0.39 is 11.9 Å². The van der Waals surface area contributed by atoms with E-state index in [1.807, 2.05) is 6.92 Å². The molecule has 1 unspecified atom stereocenters. The van der Waals surface area contributed by atoms with Gasteiger partial charge in [-0.1, -0.05) is 36.2 Å². The van der Waals surface area contributed by atoms with E-state index >= 15 is 0 Å². The molecule has 1 amide bonds. The van der Waals surface area contributed by atoms with Gasteiger partial charge >= 0.3 is 5.97 Å². The monoisotopic (exact) mass is 387 g/mol. The lowest BCUT2D eigenvalue weighted by molar-refractivity contribution is -0.139. The Morgan fingerprint density at radius 2 is 2.04 bits per heavy atom. The number of nitrogens with one attached hydrogen (secondary N) is 1. The minimum atomic E-state index is -0.508. The first-order valence-corrected chi connectivity index (χ1v) is 9.56. The van der Waals surface area contributed by atoms with Gasteiger partial charge in [0, 0.05) is 33.8 Å². The number of allylic oxidation sites excluding steroid dienone is 1. The van der Waals surface area contributed by atoms with Crippen molar-refractivity contribution in [3.63, 3.8) is 0 Å². The van der Waals surface area contributed by atoms with Gasteiger partial charge in [0.25, 0.3) is 0 Å². The molecule has 0 spiro atoms. The van der Waals surface area contributed by atoms with Crippen LogP contribution in [0.25, 0.3) is 0 Å². The number of benzene rings is 1. The maximum absolute atomic E-state index is 12.6. The van der Waals surface area contributed by atoms with E-state index in [0.717, 1.165) is 11.5 Å². The lowest BCUT2D eigenvalue weighted by Crippen LogP contribution is -2.34. The lowest BCUT2D eigenvalue weighted by atomic mass is 9.84. The van der Waals surface area contributed by atoms with Gasteiger partial charge in [0.15, 0.2) is 0 Å². The Morgan fingerprint density at radius 3 is 2.67 bits per heavy atom. The van der Waals surface area contributed by atoms with Crippen LogP contribution in [-0.4, -0.2) is 30.0 Å². The first-order valence-electron chi connectivity index (χ1n) is 7.65. The van der Waals surface area contributed by atoms with Crippen LogP contribution in [0.1, 0.15) is 31.7 Å². The van der Waals surface area contributed by atoms with Crippen molar-refractivity contribution < 1.29 is 14.3 Å². The van der Waals surface area contributed by atoms with Gasteiger partial charge in [-0.2, -0.15) is 11.8 Å². The summed E-state index contributed by atoms with van der Waals surface area (Å²) in [7, 11) is 0. The zero-order chi connectivity index (χ0) is 17.7. The first-order chi connectivity index (χ1) is 11.5. The molecule has 2 rings (SSSR count). The summed E-state index contributed by atoms with van der Waals surface area (Å²) in [5, 5.41) is 3.56. The number of thioether (sulfide) groups is 1. The average Bonchev–Trinajstić information content (AvgIpc) is 2.50. The highest BCUT2D eigenvalue weighted by Gasteiger charge is 2.35. The molecule has 1 N–H and O–H groups in total. The molecule has 0 aliphatic carbocycles. The van der Waals surface area contributed by atoms with Gasteiger partial charge in [-0.05, 0) is 30.4 Å². The Bertz CT molecular complexity index is 656. The van der Waals surface area contributed by atoms with Crippen LogP contribution in [0.4, 0.5) is 0 Å². The summed E-state index contributed by atoms with van der Waals surface area (Å²) in [6.07, 6.45) is 0.106. The molecule has 0 bridgehead atoms. The number of ether oxygens (including phenoxy) is 1. The fourth-order valence-corrected chi connectivity index (χ4v) is 3.83. The molecule has 1 aromatic carbocycles. The van der Waals surface area contributed by atoms with Crippen LogP contribution < -0.4 is 5.32 Å². The fraction of sp³-hybridized carbons (Fsp3) is 0.412. The second-order valence-electron chi connectivity index (χ2n) is 5.31. The molecule has 0 radical (unpaired) electrons. The molecule has 4 nitrogen and oxygen atoms in total. The zero-order valence-corrected chi connectivity index (χ0v) is 15.9. The Morgan fingerprint density at radius 1 is 1.38 bits per heavy atom. The molecule has 130 valence electrons. The van der Waals surface area contributed by atoms with E-state index in [-0.39, 0.29) is 12.3 Å². The largest absolute Gasteiger partial charge is 0.461 e. The summed E-state index contributed by atoms with van der Waals surface area (Å²) in [5.74, 6) is 0.578. The molecular weight excluding hydrogens is 369 g/mol. The quantitative estimate of drug-likeness (QED) is 0.587. The Hall–Kier alpha value is -1.17. The molecule has 1 aliphatic rings. The molecule has 0 saturated heterocycles. The summed E-state index contributed by atoms with van der Waals surface area (Å²) in [4.78, 5) is 24.5. The van der Waals surface area contributed by atoms with Crippen molar-refractivity contribution in [2.75, 3.05) is 18.1 Å². The molecule has 1 heterocycles. The molecule has 1 aliphatic heterocycles. The molecule has 1 aromatic rings. The van der Waals surface area contributed by atoms with Crippen LogP contribution in [0.2, 0.25) is 10.0 Å². The first kappa shape index (κ1) is 19.2. The van der Waals surface area contributed by atoms with Crippen molar-refractivity contribution in [1.29, 1.82) is 0 Å². The number of hydrogen-bond acceptors (Lipinski definition) is 4. The maximum Gasteiger partial charge on any atom is 0.336 e. The van der Waals surface area contributed by atoms with E-state index in [9.17, 15) is 9.59 Å². The number of carbonyl (C=O) groups excluding carboxylic acids is 2. The second-order valence-corrected chi connectivity index (χ2v) is 7.52. The number of rotatable bonds is 6. The highest BCUT2D eigenvalue weighted by atomic mass is 35.5. The SMILES string of the molecule is CCSCCOC(=O)C1=C(C)NC(=O)CC1c1c(Cl)cccc1Cl. The van der Waals surface area contributed by atoms with Crippen LogP contribution in [0.3, 0.4) is 0 Å². The third kappa shape index (κ3) is 4.47. The third-order valence-electron chi connectivity index (χ3n) is 3.70. The van der Waals surface area contributed by atoms with Gasteiger partial charge < -0.3 is 10.1 Å². The Balaban J connectivity index is 2.32. The van der Waals surface area contributed by atoms with Crippen molar-refractivity contribution in [1.82, 2.24) is 5.32 Å². The van der Waals surface area contributed by atoms with E-state index in [1.165, 1.54) is 0 Å². The van der Waals surface area contributed by atoms with Crippen LogP contribution in [0.5, 0.6) is 0 Å². The summed E-state index contributed by atoms with van der Waals surface area (Å²) in [6, 6.07) is 5.13. The molecule has 0 aromatic heterocycles. The summed E-state index contributed by atoms with van der Waals surface area (Å²) in [6.45, 7) is 4.06. The summed E-state index contributed by atoms with van der Waals surface area (Å²) in [5.41, 5.74) is 1.48. The van der Waals surface area contributed by atoms with Crippen LogP contribution in [-0.2, 0) is 14.3 Å². The van der Waals surface area contributed by atoms with Gasteiger partial charge in [-0.15, -0.1) is 0 Å². The fourth-order valence-electron chi connectivity index (χ4n) is 2.68. The smallest absolute Gasteiger partial charge is 0.336 e. The molecule has 7 heteroatoms. The molecule has 0 saturated carbocycles. The molecule has 0 fully saturated rings. The van der Waals surface area contributed by atoms with Gasteiger partial charge in [-0.3, -0.25) is 4.79 Å². The molecule has 1 atom stereocenters. The molecular formula is C17H19Cl2NO3S. The number of esters is 1. The maximum atomic E-state index is 12.6. The normalized spacial score (nSPS) is 17.7. The van der Waals surface area contributed by atoms with Crippen LogP contribution >= 0.6 is 35.0 Å². The van der Waals surface area contributed by atoms with Gasteiger partial charge in [0.1, 0.15) is 6.61 Å². The van der Waals surface area contributed by atoms with Crippen LogP contribution in [0, 0.1) is 0 Å². The number of carbonyl (C=O) groups is 2. The Labute approximate surface area is 155 Å². The Kier molecular flexibility index (Phi) is 7.02. The van der Waals surface area contributed by atoms with Gasteiger partial charge in [-0.25, -0.2) is 4.79 Å². The van der Waals surface area contributed by atoms with E-state index in [0.29, 0.717) is 33.5 Å². The van der Waals surface area contributed by atoms with E-state index in [4.69, 9.17) is 27.9 Å². The van der Waals surface area contributed by atoms with Crippen molar-refractivity contribution in [3.05, 3.63) is 45.1 Å². The average molecular weight is 388 g/mol. The third-order valence-corrected chi connectivity index (χ3v) is 5.22. The number of amides is 1.